The molecule has 0 fully saturated rings. The molecule has 0 spiro atoms. The van der Waals surface area contributed by atoms with Crippen molar-refractivity contribution in [3.63, 3.8) is 0 Å². The molecule has 1 rings (SSSR count). The quantitative estimate of drug-likeness (QED) is 0.801. The minimum atomic E-state index is 0.0621. The van der Waals surface area contributed by atoms with Crippen molar-refractivity contribution < 1.29 is 19.0 Å². The molecule has 0 bridgehead atoms. The molecule has 0 atom stereocenters. The van der Waals surface area contributed by atoms with Gasteiger partial charge in [-0.25, -0.2) is 0 Å². The Morgan fingerprint density at radius 1 is 1.05 bits per heavy atom. The van der Waals surface area contributed by atoms with Crippen LogP contribution in [0.2, 0.25) is 0 Å². The average Bonchev–Trinajstić information content (AvgIpc) is 2.52. The summed E-state index contributed by atoms with van der Waals surface area (Å²) in [4.78, 5) is 12.0. The van der Waals surface area contributed by atoms with Crippen LogP contribution in [0.25, 0.3) is 0 Å². The van der Waals surface area contributed by atoms with Crippen LogP contribution in [0.5, 0.6) is 17.2 Å². The standard InChI is InChI=1S/C16H25NO4/c1-6-12(7-2)16(18)17-10-11-8-13(19-3)15(21-5)14(9-11)20-4/h8-9,12H,6-7,10H2,1-5H3,(H,17,18). The molecule has 5 heteroatoms. The van der Waals surface area contributed by atoms with E-state index < -0.39 is 0 Å². The number of nitrogens with one attached hydrogen (secondary N) is 1. The van der Waals surface area contributed by atoms with Gasteiger partial charge >= 0.3 is 0 Å². The van der Waals surface area contributed by atoms with Gasteiger partial charge in [-0.1, -0.05) is 13.8 Å². The van der Waals surface area contributed by atoms with Crippen LogP contribution >= 0.6 is 0 Å². The first-order valence-corrected chi connectivity index (χ1v) is 7.17. The summed E-state index contributed by atoms with van der Waals surface area (Å²) in [6, 6.07) is 3.68. The zero-order valence-electron chi connectivity index (χ0n) is 13.5. The van der Waals surface area contributed by atoms with Crippen molar-refractivity contribution in [1.29, 1.82) is 0 Å². The molecule has 1 N–H and O–H groups in total. The number of methoxy groups -OCH3 is 3. The van der Waals surface area contributed by atoms with Gasteiger partial charge in [0.15, 0.2) is 11.5 Å². The van der Waals surface area contributed by atoms with E-state index in [-0.39, 0.29) is 11.8 Å². The van der Waals surface area contributed by atoms with Crippen molar-refractivity contribution in [2.24, 2.45) is 5.92 Å². The van der Waals surface area contributed by atoms with E-state index in [4.69, 9.17) is 14.2 Å². The van der Waals surface area contributed by atoms with Gasteiger partial charge in [0, 0.05) is 12.5 Å². The lowest BCUT2D eigenvalue weighted by atomic mass is 10.0. The van der Waals surface area contributed by atoms with Gasteiger partial charge in [-0.3, -0.25) is 4.79 Å². The van der Waals surface area contributed by atoms with Gasteiger partial charge in [0.1, 0.15) is 0 Å². The second kappa shape index (κ2) is 8.39. The Labute approximate surface area is 126 Å². The Bertz CT molecular complexity index is 444. The molecule has 0 saturated carbocycles. The Balaban J connectivity index is 2.87. The van der Waals surface area contributed by atoms with Crippen molar-refractivity contribution >= 4 is 5.91 Å². The number of carbonyl (C=O) groups excluding carboxylic acids is 1. The third kappa shape index (κ3) is 4.28. The van der Waals surface area contributed by atoms with Gasteiger partial charge in [0.05, 0.1) is 21.3 Å². The third-order valence-electron chi connectivity index (χ3n) is 3.55. The molecule has 1 aromatic rings. The lowest BCUT2D eigenvalue weighted by Crippen LogP contribution is -2.29. The second-order valence-corrected chi connectivity index (χ2v) is 4.76. The first kappa shape index (κ1) is 17.1. The SMILES string of the molecule is CCC(CC)C(=O)NCc1cc(OC)c(OC)c(OC)c1. The fourth-order valence-corrected chi connectivity index (χ4v) is 2.23. The lowest BCUT2D eigenvalue weighted by molar-refractivity contribution is -0.125. The maximum Gasteiger partial charge on any atom is 0.223 e. The predicted octanol–water partition coefficient (Wildman–Crippen LogP) is 2.76. The first-order chi connectivity index (χ1) is 10.1. The van der Waals surface area contributed by atoms with Crippen LogP contribution in [-0.2, 0) is 11.3 Å². The van der Waals surface area contributed by atoms with Gasteiger partial charge < -0.3 is 19.5 Å². The summed E-state index contributed by atoms with van der Waals surface area (Å²) in [6.07, 6.45) is 1.69. The minimum absolute atomic E-state index is 0.0621. The van der Waals surface area contributed by atoms with E-state index in [9.17, 15) is 4.79 Å². The molecule has 0 aromatic heterocycles. The average molecular weight is 295 g/mol. The number of hydrogen-bond donors (Lipinski definition) is 1. The molecule has 0 unspecified atom stereocenters. The Hall–Kier alpha value is -1.91. The zero-order valence-corrected chi connectivity index (χ0v) is 13.5. The van der Waals surface area contributed by atoms with Crippen LogP contribution in [0.15, 0.2) is 12.1 Å². The summed E-state index contributed by atoms with van der Waals surface area (Å²) in [5.41, 5.74) is 0.906. The van der Waals surface area contributed by atoms with Crippen molar-refractivity contribution in [2.45, 2.75) is 33.2 Å². The number of benzene rings is 1. The summed E-state index contributed by atoms with van der Waals surface area (Å²) < 4.78 is 15.9. The summed E-state index contributed by atoms with van der Waals surface area (Å²) in [7, 11) is 4.71. The molecule has 0 aliphatic carbocycles. The van der Waals surface area contributed by atoms with Gasteiger partial charge in [0.25, 0.3) is 0 Å². The van der Waals surface area contributed by atoms with E-state index in [0.717, 1.165) is 18.4 Å². The van der Waals surface area contributed by atoms with Gasteiger partial charge in [-0.15, -0.1) is 0 Å². The molecule has 0 aliphatic heterocycles. The Morgan fingerprint density at radius 2 is 1.57 bits per heavy atom. The highest BCUT2D eigenvalue weighted by molar-refractivity contribution is 5.78. The van der Waals surface area contributed by atoms with E-state index in [1.165, 1.54) is 0 Å². The van der Waals surface area contributed by atoms with Crippen LogP contribution in [0.1, 0.15) is 32.3 Å². The van der Waals surface area contributed by atoms with E-state index in [2.05, 4.69) is 5.32 Å². The minimum Gasteiger partial charge on any atom is -0.493 e. The highest BCUT2D eigenvalue weighted by atomic mass is 16.5. The predicted molar refractivity (Wildman–Crippen MR) is 82.0 cm³/mol. The summed E-state index contributed by atoms with van der Waals surface area (Å²) in [5.74, 6) is 1.86. The summed E-state index contributed by atoms with van der Waals surface area (Å²) in [5, 5.41) is 2.95. The lowest BCUT2D eigenvalue weighted by Gasteiger charge is -2.16. The van der Waals surface area contributed by atoms with Crippen LogP contribution in [0.4, 0.5) is 0 Å². The molecule has 0 saturated heterocycles. The van der Waals surface area contributed by atoms with Crippen LogP contribution < -0.4 is 19.5 Å². The van der Waals surface area contributed by atoms with Gasteiger partial charge in [-0.2, -0.15) is 0 Å². The van der Waals surface area contributed by atoms with Gasteiger partial charge in [0.2, 0.25) is 11.7 Å². The number of carbonyl (C=O) groups is 1. The molecule has 1 amide bonds. The second-order valence-electron chi connectivity index (χ2n) is 4.76. The Kier molecular flexibility index (Phi) is 6.85. The number of rotatable bonds is 8. The van der Waals surface area contributed by atoms with E-state index in [1.54, 1.807) is 21.3 Å². The van der Waals surface area contributed by atoms with Crippen LogP contribution in [0.3, 0.4) is 0 Å². The number of hydrogen-bond acceptors (Lipinski definition) is 4. The highest BCUT2D eigenvalue weighted by Gasteiger charge is 2.16. The number of amides is 1. The Morgan fingerprint density at radius 3 is 1.95 bits per heavy atom. The van der Waals surface area contributed by atoms with Crippen molar-refractivity contribution in [2.75, 3.05) is 21.3 Å². The zero-order chi connectivity index (χ0) is 15.8. The van der Waals surface area contributed by atoms with Crippen molar-refractivity contribution in [3.8, 4) is 17.2 Å². The fraction of sp³-hybridized carbons (Fsp3) is 0.562. The van der Waals surface area contributed by atoms with E-state index >= 15 is 0 Å². The molecule has 21 heavy (non-hydrogen) atoms. The molecular formula is C16H25NO4. The molecule has 118 valence electrons. The first-order valence-electron chi connectivity index (χ1n) is 7.17. The highest BCUT2D eigenvalue weighted by Crippen LogP contribution is 2.38. The van der Waals surface area contributed by atoms with E-state index in [0.29, 0.717) is 23.8 Å². The largest absolute Gasteiger partial charge is 0.493 e. The fourth-order valence-electron chi connectivity index (χ4n) is 2.23. The number of ether oxygens (including phenoxy) is 3. The molecule has 1 aromatic carbocycles. The maximum absolute atomic E-state index is 12.0. The van der Waals surface area contributed by atoms with Crippen LogP contribution in [-0.4, -0.2) is 27.2 Å². The molecule has 5 nitrogen and oxygen atoms in total. The molecule has 0 aliphatic rings. The topological polar surface area (TPSA) is 56.8 Å². The van der Waals surface area contributed by atoms with Crippen molar-refractivity contribution in [1.82, 2.24) is 5.32 Å². The molecular weight excluding hydrogens is 270 g/mol. The maximum atomic E-state index is 12.0. The van der Waals surface area contributed by atoms with Crippen LogP contribution in [0, 0.1) is 5.92 Å². The monoisotopic (exact) mass is 295 g/mol. The van der Waals surface area contributed by atoms with Gasteiger partial charge in [-0.05, 0) is 30.5 Å². The summed E-state index contributed by atoms with van der Waals surface area (Å²) >= 11 is 0. The normalized spacial score (nSPS) is 10.4. The van der Waals surface area contributed by atoms with E-state index in [1.807, 2.05) is 26.0 Å². The summed E-state index contributed by atoms with van der Waals surface area (Å²) in [6.45, 7) is 4.48. The molecule has 0 radical (unpaired) electrons. The van der Waals surface area contributed by atoms with Crippen molar-refractivity contribution in [3.05, 3.63) is 17.7 Å². The third-order valence-corrected chi connectivity index (χ3v) is 3.55. The molecule has 0 heterocycles. The smallest absolute Gasteiger partial charge is 0.223 e.